The number of hydrogen-bond donors (Lipinski definition) is 2. The highest BCUT2D eigenvalue weighted by atomic mass is 19.1. The van der Waals surface area contributed by atoms with E-state index >= 15 is 0 Å². The van der Waals surface area contributed by atoms with Gasteiger partial charge in [-0.15, -0.1) is 0 Å². The van der Waals surface area contributed by atoms with Gasteiger partial charge in [-0.2, -0.15) is 0 Å². The van der Waals surface area contributed by atoms with Crippen LogP contribution in [0.2, 0.25) is 0 Å². The molecule has 2 aromatic heterocycles. The number of anilines is 2. The third kappa shape index (κ3) is 4.07. The molecular formula is C29H28FN5O2. The van der Waals surface area contributed by atoms with E-state index in [-0.39, 0.29) is 17.6 Å². The Balaban J connectivity index is 1.62. The number of pyridine rings is 1. The quantitative estimate of drug-likeness (QED) is 0.284. The van der Waals surface area contributed by atoms with Crippen molar-refractivity contribution in [3.63, 3.8) is 0 Å². The number of ether oxygens (including phenoxy) is 1. The minimum atomic E-state index is -0.297. The Bertz CT molecular complexity index is 1490. The van der Waals surface area contributed by atoms with Crippen molar-refractivity contribution in [2.24, 2.45) is 0 Å². The summed E-state index contributed by atoms with van der Waals surface area (Å²) in [7, 11) is 0. The lowest BCUT2D eigenvalue weighted by molar-refractivity contribution is -0.117. The van der Waals surface area contributed by atoms with E-state index in [1.165, 1.54) is 18.3 Å². The van der Waals surface area contributed by atoms with Gasteiger partial charge in [-0.3, -0.25) is 9.69 Å². The third-order valence-electron chi connectivity index (χ3n) is 7.44. The number of nitrogen functional groups attached to an aromatic ring is 1. The van der Waals surface area contributed by atoms with Gasteiger partial charge in [0.1, 0.15) is 11.6 Å². The summed E-state index contributed by atoms with van der Waals surface area (Å²) in [4.78, 5) is 18.7. The topological polar surface area (TPSA) is 97.2 Å². The minimum Gasteiger partial charge on any atom is -0.398 e. The normalized spacial score (nSPS) is 16.6. The maximum atomic E-state index is 13.9. The summed E-state index contributed by atoms with van der Waals surface area (Å²) >= 11 is 0. The highest BCUT2D eigenvalue weighted by molar-refractivity contribution is 6.04. The lowest BCUT2D eigenvalue weighted by Gasteiger charge is -2.26. The highest BCUT2D eigenvalue weighted by Crippen LogP contribution is 2.44. The SMILES string of the molecule is N=Cc1cc2c(cc1N)c(-c1ccc(N3CCCC3=O)nc1)c(C1CCOCC1)n2-c1ccc(F)cc1. The number of amides is 1. The smallest absolute Gasteiger partial charge is 0.228 e. The number of fused-ring (bicyclic) bond motifs is 1. The van der Waals surface area contributed by atoms with E-state index in [2.05, 4.69) is 9.55 Å². The van der Waals surface area contributed by atoms with Crippen LogP contribution < -0.4 is 10.6 Å². The zero-order chi connectivity index (χ0) is 25.5. The van der Waals surface area contributed by atoms with Gasteiger partial charge in [-0.1, -0.05) is 0 Å². The first-order valence-corrected chi connectivity index (χ1v) is 12.6. The Kier molecular flexibility index (Phi) is 5.96. The average molecular weight is 498 g/mol. The molecular weight excluding hydrogens is 469 g/mol. The molecule has 0 aliphatic carbocycles. The number of aromatic nitrogens is 2. The number of nitrogens with two attached hydrogens (primary N) is 1. The van der Waals surface area contributed by atoms with Gasteiger partial charge in [0.2, 0.25) is 5.91 Å². The summed E-state index contributed by atoms with van der Waals surface area (Å²) in [6.07, 6.45) is 6.19. The molecule has 0 unspecified atom stereocenters. The molecule has 0 saturated carbocycles. The summed E-state index contributed by atoms with van der Waals surface area (Å²) in [6, 6.07) is 14.3. The van der Waals surface area contributed by atoms with E-state index < -0.39 is 0 Å². The predicted octanol–water partition coefficient (Wildman–Crippen LogP) is 5.43. The molecule has 0 radical (unpaired) electrons. The second kappa shape index (κ2) is 9.44. The molecule has 8 heteroatoms. The standard InChI is InChI=1S/C29H28FN5O2/c30-21-4-6-22(7-5-21)35-25-14-20(16-31)24(32)15-23(25)28(29(35)18-9-12-37-13-10-18)19-3-8-26(33-17-19)34-11-1-2-27(34)36/h3-8,14-18,31H,1-2,9-13,32H2. The first-order valence-electron chi connectivity index (χ1n) is 12.6. The Morgan fingerprint density at radius 1 is 1.11 bits per heavy atom. The predicted molar refractivity (Wildman–Crippen MR) is 143 cm³/mol. The molecule has 6 rings (SSSR count). The molecule has 188 valence electrons. The fraction of sp³-hybridized carbons (Fsp3) is 0.276. The molecule has 0 spiro atoms. The van der Waals surface area contributed by atoms with Crippen molar-refractivity contribution in [1.82, 2.24) is 9.55 Å². The number of rotatable bonds is 5. The van der Waals surface area contributed by atoms with Crippen LogP contribution in [0, 0.1) is 11.2 Å². The van der Waals surface area contributed by atoms with Gasteiger partial charge >= 0.3 is 0 Å². The minimum absolute atomic E-state index is 0.100. The van der Waals surface area contributed by atoms with Crippen molar-refractivity contribution in [2.45, 2.75) is 31.6 Å². The number of nitrogens with zero attached hydrogens (tertiary/aromatic N) is 3. The van der Waals surface area contributed by atoms with E-state index in [0.29, 0.717) is 43.2 Å². The molecule has 2 aliphatic rings. The van der Waals surface area contributed by atoms with Crippen molar-refractivity contribution in [2.75, 3.05) is 30.4 Å². The number of carbonyl (C=O) groups excluding carboxylic acids is 1. The summed E-state index contributed by atoms with van der Waals surface area (Å²) in [5, 5.41) is 8.83. The van der Waals surface area contributed by atoms with E-state index in [9.17, 15) is 9.18 Å². The zero-order valence-electron chi connectivity index (χ0n) is 20.4. The molecule has 3 N–H and O–H groups in total. The molecule has 0 bridgehead atoms. The molecule has 2 fully saturated rings. The lowest BCUT2D eigenvalue weighted by Crippen LogP contribution is -2.24. The van der Waals surface area contributed by atoms with Crippen LogP contribution >= 0.6 is 0 Å². The van der Waals surface area contributed by atoms with Crippen molar-refractivity contribution in [3.8, 4) is 16.8 Å². The van der Waals surface area contributed by atoms with Crippen molar-refractivity contribution < 1.29 is 13.9 Å². The van der Waals surface area contributed by atoms with Gasteiger partial charge in [0.25, 0.3) is 0 Å². The van der Waals surface area contributed by atoms with Gasteiger partial charge in [-0.25, -0.2) is 9.37 Å². The molecule has 0 atom stereocenters. The maximum absolute atomic E-state index is 13.9. The molecule has 7 nitrogen and oxygen atoms in total. The fourth-order valence-corrected chi connectivity index (χ4v) is 5.62. The summed E-state index contributed by atoms with van der Waals surface area (Å²) < 4.78 is 21.8. The molecule has 37 heavy (non-hydrogen) atoms. The van der Waals surface area contributed by atoms with Gasteiger partial charge < -0.3 is 20.4 Å². The summed E-state index contributed by atoms with van der Waals surface area (Å²) in [5.41, 5.74) is 12.3. The van der Waals surface area contributed by atoms with Crippen molar-refractivity contribution >= 4 is 34.5 Å². The summed E-state index contributed by atoms with van der Waals surface area (Å²) in [6.45, 7) is 2.01. The number of carbonyl (C=O) groups is 1. The second-order valence-electron chi connectivity index (χ2n) is 9.66. The number of hydrogen-bond acceptors (Lipinski definition) is 5. The van der Waals surface area contributed by atoms with Gasteiger partial charge in [0.05, 0.1) is 5.52 Å². The maximum Gasteiger partial charge on any atom is 0.228 e. The van der Waals surface area contributed by atoms with Crippen molar-refractivity contribution in [3.05, 3.63) is 71.8 Å². The van der Waals surface area contributed by atoms with E-state index in [0.717, 1.165) is 52.7 Å². The molecule has 2 aromatic carbocycles. The van der Waals surface area contributed by atoms with Gasteiger partial charge in [0, 0.05) is 83.7 Å². The van der Waals surface area contributed by atoms with Crippen LogP contribution in [0.3, 0.4) is 0 Å². The van der Waals surface area contributed by atoms with Crippen LogP contribution in [0.1, 0.15) is 42.9 Å². The van der Waals surface area contributed by atoms with Crippen LogP contribution in [0.15, 0.2) is 54.7 Å². The van der Waals surface area contributed by atoms with Crippen LogP contribution in [-0.2, 0) is 9.53 Å². The fourth-order valence-electron chi connectivity index (χ4n) is 5.62. The van der Waals surface area contributed by atoms with Crippen LogP contribution in [-0.4, -0.2) is 41.4 Å². The largest absolute Gasteiger partial charge is 0.398 e. The van der Waals surface area contributed by atoms with E-state index in [1.54, 1.807) is 17.0 Å². The van der Waals surface area contributed by atoms with Gasteiger partial charge in [-0.05, 0) is 67.8 Å². The van der Waals surface area contributed by atoms with E-state index in [1.807, 2.05) is 30.5 Å². The summed E-state index contributed by atoms with van der Waals surface area (Å²) in [5.74, 6) is 0.661. The Morgan fingerprint density at radius 3 is 2.54 bits per heavy atom. The monoisotopic (exact) mass is 497 g/mol. The van der Waals surface area contributed by atoms with E-state index in [4.69, 9.17) is 15.9 Å². The number of benzene rings is 2. The molecule has 2 aliphatic heterocycles. The average Bonchev–Trinajstić information content (AvgIpc) is 3.50. The number of halogens is 1. The van der Waals surface area contributed by atoms with Gasteiger partial charge in [0.15, 0.2) is 0 Å². The first-order chi connectivity index (χ1) is 18.0. The molecule has 2 saturated heterocycles. The van der Waals surface area contributed by atoms with Crippen LogP contribution in [0.4, 0.5) is 15.9 Å². The molecule has 4 aromatic rings. The Morgan fingerprint density at radius 2 is 1.89 bits per heavy atom. The Labute approximate surface area is 214 Å². The third-order valence-corrected chi connectivity index (χ3v) is 7.44. The Hall–Kier alpha value is -4.04. The van der Waals surface area contributed by atoms with Crippen LogP contribution in [0.25, 0.3) is 27.7 Å². The van der Waals surface area contributed by atoms with Crippen molar-refractivity contribution in [1.29, 1.82) is 5.41 Å². The molecule has 4 heterocycles. The van der Waals surface area contributed by atoms with Crippen LogP contribution in [0.5, 0.6) is 0 Å². The molecule has 1 amide bonds. The first kappa shape index (κ1) is 23.4. The zero-order valence-corrected chi connectivity index (χ0v) is 20.4. The second-order valence-corrected chi connectivity index (χ2v) is 9.66. The highest BCUT2D eigenvalue weighted by Gasteiger charge is 2.29. The lowest BCUT2D eigenvalue weighted by atomic mass is 9.90. The number of nitrogens with one attached hydrogen (secondary N) is 1.